The fourth-order valence-electron chi connectivity index (χ4n) is 2.73. The van der Waals surface area contributed by atoms with Crippen molar-refractivity contribution < 1.29 is 0 Å². The number of benzene rings is 1. The molecule has 1 aromatic heterocycles. The molecule has 1 heterocycles. The smallest absolute Gasteiger partial charge is 0.0933 e. The zero-order chi connectivity index (χ0) is 14.8. The molecule has 0 bridgehead atoms. The van der Waals surface area contributed by atoms with Gasteiger partial charge in [-0.25, -0.2) is 0 Å². The third-order valence-electron chi connectivity index (χ3n) is 3.98. The molecule has 2 nitrogen and oxygen atoms in total. The highest BCUT2D eigenvalue weighted by Gasteiger charge is 2.00. The number of aromatic nitrogens is 1. The molecule has 0 saturated heterocycles. The van der Waals surface area contributed by atoms with Gasteiger partial charge in [0.25, 0.3) is 0 Å². The van der Waals surface area contributed by atoms with E-state index in [0.717, 1.165) is 17.7 Å². The molecule has 1 N–H and O–H groups in total. The van der Waals surface area contributed by atoms with Crippen molar-refractivity contribution in [3.8, 4) is 0 Å². The van der Waals surface area contributed by atoms with Gasteiger partial charge in [-0.1, -0.05) is 70.1 Å². The van der Waals surface area contributed by atoms with Crippen molar-refractivity contribution in [3.05, 3.63) is 36.5 Å². The van der Waals surface area contributed by atoms with Gasteiger partial charge in [-0.2, -0.15) is 0 Å². The number of hydrogen-bond acceptors (Lipinski definition) is 2. The molecule has 0 fully saturated rings. The van der Waals surface area contributed by atoms with Gasteiger partial charge in [-0.05, 0) is 18.6 Å². The standard InChI is InChI=1S/C19H28N2/c1-2-3-4-5-6-7-8-9-15-20-18-14-10-12-17-13-11-16-21-19(17)18/h10-14,16,20H,2-9,15H2,1H3. The molecule has 0 saturated carbocycles. The van der Waals surface area contributed by atoms with Crippen molar-refractivity contribution in [1.82, 2.24) is 4.98 Å². The van der Waals surface area contributed by atoms with E-state index in [-0.39, 0.29) is 0 Å². The van der Waals surface area contributed by atoms with E-state index in [1.807, 2.05) is 12.3 Å². The third-order valence-corrected chi connectivity index (χ3v) is 3.98. The van der Waals surface area contributed by atoms with Crippen molar-refractivity contribution in [1.29, 1.82) is 0 Å². The molecule has 0 radical (unpaired) electrons. The van der Waals surface area contributed by atoms with Gasteiger partial charge in [0, 0.05) is 18.1 Å². The van der Waals surface area contributed by atoms with Gasteiger partial charge in [0.1, 0.15) is 0 Å². The Kier molecular flexibility index (Phi) is 7.06. The summed E-state index contributed by atoms with van der Waals surface area (Å²) in [5.74, 6) is 0. The van der Waals surface area contributed by atoms with Crippen LogP contribution in [0.5, 0.6) is 0 Å². The number of unbranched alkanes of at least 4 members (excludes halogenated alkanes) is 7. The third kappa shape index (κ3) is 5.37. The molecule has 2 heteroatoms. The highest BCUT2D eigenvalue weighted by atomic mass is 14.9. The van der Waals surface area contributed by atoms with Gasteiger partial charge in [0.05, 0.1) is 11.2 Å². The maximum Gasteiger partial charge on any atom is 0.0933 e. The van der Waals surface area contributed by atoms with Crippen LogP contribution in [0.4, 0.5) is 5.69 Å². The fourth-order valence-corrected chi connectivity index (χ4v) is 2.73. The summed E-state index contributed by atoms with van der Waals surface area (Å²) in [6, 6.07) is 10.4. The summed E-state index contributed by atoms with van der Waals surface area (Å²) in [7, 11) is 0. The number of hydrogen-bond donors (Lipinski definition) is 1. The summed E-state index contributed by atoms with van der Waals surface area (Å²) in [6.45, 7) is 3.32. The number of nitrogens with zero attached hydrogens (tertiary/aromatic N) is 1. The van der Waals surface area contributed by atoms with Gasteiger partial charge < -0.3 is 5.32 Å². The first-order valence-electron chi connectivity index (χ1n) is 8.49. The maximum absolute atomic E-state index is 4.48. The van der Waals surface area contributed by atoms with Gasteiger partial charge in [-0.15, -0.1) is 0 Å². The Morgan fingerprint density at radius 2 is 1.57 bits per heavy atom. The Hall–Kier alpha value is -1.57. The van der Waals surface area contributed by atoms with Crippen LogP contribution >= 0.6 is 0 Å². The number of para-hydroxylation sites is 1. The summed E-state index contributed by atoms with van der Waals surface area (Å²) >= 11 is 0. The predicted molar refractivity (Wildman–Crippen MR) is 92.8 cm³/mol. The second-order valence-corrected chi connectivity index (χ2v) is 5.78. The van der Waals surface area contributed by atoms with Crippen LogP contribution in [0.3, 0.4) is 0 Å². The van der Waals surface area contributed by atoms with Gasteiger partial charge >= 0.3 is 0 Å². The Balaban J connectivity index is 1.64. The molecule has 0 atom stereocenters. The Labute approximate surface area is 129 Å². The predicted octanol–water partition coefficient (Wildman–Crippen LogP) is 5.79. The first-order chi connectivity index (χ1) is 10.4. The van der Waals surface area contributed by atoms with Crippen LogP contribution in [0, 0.1) is 0 Å². The highest BCUT2D eigenvalue weighted by molar-refractivity contribution is 5.90. The molecule has 0 aliphatic rings. The summed E-state index contributed by atoms with van der Waals surface area (Å²) in [5.41, 5.74) is 2.25. The number of rotatable bonds is 10. The first kappa shape index (κ1) is 15.8. The lowest BCUT2D eigenvalue weighted by Crippen LogP contribution is -2.02. The normalized spacial score (nSPS) is 10.9. The van der Waals surface area contributed by atoms with Crippen LogP contribution in [0.2, 0.25) is 0 Å². The van der Waals surface area contributed by atoms with Crippen molar-refractivity contribution in [2.24, 2.45) is 0 Å². The molecular weight excluding hydrogens is 256 g/mol. The Morgan fingerprint density at radius 1 is 0.857 bits per heavy atom. The molecule has 0 unspecified atom stereocenters. The largest absolute Gasteiger partial charge is 0.383 e. The van der Waals surface area contributed by atoms with Crippen LogP contribution in [0.1, 0.15) is 58.3 Å². The molecule has 0 amide bonds. The topological polar surface area (TPSA) is 24.9 Å². The van der Waals surface area contributed by atoms with E-state index < -0.39 is 0 Å². The van der Waals surface area contributed by atoms with Gasteiger partial charge in [0.15, 0.2) is 0 Å². The lowest BCUT2D eigenvalue weighted by Gasteiger charge is -2.09. The van der Waals surface area contributed by atoms with E-state index in [0.29, 0.717) is 0 Å². The van der Waals surface area contributed by atoms with E-state index in [1.54, 1.807) is 0 Å². The minimum Gasteiger partial charge on any atom is -0.383 e. The van der Waals surface area contributed by atoms with Gasteiger partial charge in [-0.3, -0.25) is 4.98 Å². The molecule has 114 valence electrons. The number of nitrogens with one attached hydrogen (secondary N) is 1. The average Bonchev–Trinajstić information content (AvgIpc) is 2.53. The monoisotopic (exact) mass is 284 g/mol. The molecule has 0 spiro atoms. The van der Waals surface area contributed by atoms with Crippen LogP contribution in [-0.4, -0.2) is 11.5 Å². The minimum absolute atomic E-state index is 1.05. The molecule has 1 aromatic carbocycles. The van der Waals surface area contributed by atoms with E-state index in [9.17, 15) is 0 Å². The number of fused-ring (bicyclic) bond motifs is 1. The maximum atomic E-state index is 4.48. The summed E-state index contributed by atoms with van der Waals surface area (Å²) in [4.78, 5) is 4.48. The molecule has 0 aliphatic carbocycles. The second-order valence-electron chi connectivity index (χ2n) is 5.78. The molecule has 0 aliphatic heterocycles. The van der Waals surface area contributed by atoms with Crippen molar-refractivity contribution >= 4 is 16.6 Å². The molecule has 2 rings (SSSR count). The lowest BCUT2D eigenvalue weighted by atomic mass is 10.1. The Bertz CT molecular complexity index is 516. The summed E-state index contributed by atoms with van der Waals surface area (Å²) in [6.07, 6.45) is 12.8. The zero-order valence-corrected chi connectivity index (χ0v) is 13.3. The molecule has 2 aromatic rings. The van der Waals surface area contributed by atoms with E-state index in [2.05, 4.69) is 41.5 Å². The second kappa shape index (κ2) is 9.38. The molecular formula is C19H28N2. The van der Waals surface area contributed by atoms with Crippen LogP contribution in [0.25, 0.3) is 10.9 Å². The average molecular weight is 284 g/mol. The van der Waals surface area contributed by atoms with Gasteiger partial charge in [0.2, 0.25) is 0 Å². The van der Waals surface area contributed by atoms with Crippen molar-refractivity contribution in [3.63, 3.8) is 0 Å². The number of anilines is 1. The van der Waals surface area contributed by atoms with Crippen LogP contribution in [-0.2, 0) is 0 Å². The van der Waals surface area contributed by atoms with Crippen molar-refractivity contribution in [2.45, 2.75) is 58.3 Å². The van der Waals surface area contributed by atoms with E-state index in [4.69, 9.17) is 0 Å². The summed E-state index contributed by atoms with van der Waals surface area (Å²) < 4.78 is 0. The minimum atomic E-state index is 1.05. The Morgan fingerprint density at radius 3 is 2.38 bits per heavy atom. The van der Waals surface area contributed by atoms with E-state index in [1.165, 1.54) is 56.8 Å². The number of pyridine rings is 1. The SMILES string of the molecule is CCCCCCCCCCNc1cccc2cccnc12. The zero-order valence-electron chi connectivity index (χ0n) is 13.3. The summed E-state index contributed by atoms with van der Waals surface area (Å²) in [5, 5.41) is 4.74. The van der Waals surface area contributed by atoms with Crippen LogP contribution < -0.4 is 5.32 Å². The highest BCUT2D eigenvalue weighted by Crippen LogP contribution is 2.20. The lowest BCUT2D eigenvalue weighted by molar-refractivity contribution is 0.581. The van der Waals surface area contributed by atoms with E-state index >= 15 is 0 Å². The fraction of sp³-hybridized carbons (Fsp3) is 0.526. The quantitative estimate of drug-likeness (QED) is 0.559. The van der Waals surface area contributed by atoms with Crippen LogP contribution in [0.15, 0.2) is 36.5 Å². The molecule has 21 heavy (non-hydrogen) atoms. The first-order valence-corrected chi connectivity index (χ1v) is 8.49. The van der Waals surface area contributed by atoms with Crippen molar-refractivity contribution in [2.75, 3.05) is 11.9 Å².